The van der Waals surface area contributed by atoms with E-state index in [9.17, 15) is 4.79 Å². The molecule has 1 aliphatic heterocycles. The van der Waals surface area contributed by atoms with Crippen LogP contribution in [0.4, 0.5) is 0 Å². The first-order chi connectivity index (χ1) is 12.7. The molecule has 5 nitrogen and oxygen atoms in total. The van der Waals surface area contributed by atoms with Crippen LogP contribution >= 0.6 is 11.3 Å². The molecule has 0 bridgehead atoms. The Morgan fingerprint density at radius 2 is 2.19 bits per heavy atom. The molecule has 26 heavy (non-hydrogen) atoms. The predicted molar refractivity (Wildman–Crippen MR) is 102 cm³/mol. The van der Waals surface area contributed by atoms with Gasteiger partial charge in [-0.05, 0) is 70.7 Å². The molecule has 1 atom stereocenters. The summed E-state index contributed by atoms with van der Waals surface area (Å²) < 4.78 is 5.42. The number of carbonyl (C=O) groups excluding carboxylic acids is 1. The van der Waals surface area contributed by atoms with Gasteiger partial charge in [0.05, 0.1) is 24.5 Å². The number of aromatic nitrogens is 1. The van der Waals surface area contributed by atoms with Crippen LogP contribution in [0.2, 0.25) is 0 Å². The number of rotatable bonds is 5. The SMILES string of the molecule is C[C@@H](NC(=O)C1CCN(Cc2ccco2)CC1)c1nc2c(s1)CCCC2. The summed E-state index contributed by atoms with van der Waals surface area (Å²) in [7, 11) is 0. The number of piperidine rings is 1. The number of fused-ring (bicyclic) bond motifs is 1. The standard InChI is InChI=1S/C20H27N3O2S/c1-14(20-22-17-6-2-3-7-18(17)26-20)21-19(24)15-8-10-23(11-9-15)13-16-5-4-12-25-16/h4-5,12,14-15H,2-3,6-11,13H2,1H3,(H,21,24)/t14-/m1/s1. The fourth-order valence-electron chi connectivity index (χ4n) is 3.93. The predicted octanol–water partition coefficient (Wildman–Crippen LogP) is 3.70. The molecule has 140 valence electrons. The molecule has 2 aliphatic rings. The zero-order chi connectivity index (χ0) is 17.9. The van der Waals surface area contributed by atoms with Gasteiger partial charge in [-0.2, -0.15) is 0 Å². The Kier molecular flexibility index (Phi) is 5.41. The van der Waals surface area contributed by atoms with E-state index in [4.69, 9.17) is 9.40 Å². The van der Waals surface area contributed by atoms with E-state index in [1.165, 1.54) is 23.4 Å². The fraction of sp³-hybridized carbons (Fsp3) is 0.600. The Hall–Kier alpha value is -1.66. The van der Waals surface area contributed by atoms with Gasteiger partial charge in [0.15, 0.2) is 0 Å². The molecule has 6 heteroatoms. The lowest BCUT2D eigenvalue weighted by Gasteiger charge is -2.31. The number of hydrogen-bond donors (Lipinski definition) is 1. The second kappa shape index (κ2) is 7.92. The van der Waals surface area contributed by atoms with Gasteiger partial charge in [0.1, 0.15) is 10.8 Å². The van der Waals surface area contributed by atoms with Crippen molar-refractivity contribution in [2.24, 2.45) is 5.92 Å². The highest BCUT2D eigenvalue weighted by molar-refractivity contribution is 7.11. The van der Waals surface area contributed by atoms with E-state index in [2.05, 4.69) is 17.1 Å². The van der Waals surface area contributed by atoms with Crippen LogP contribution in [0.1, 0.15) is 60.0 Å². The smallest absolute Gasteiger partial charge is 0.223 e. The highest BCUT2D eigenvalue weighted by Crippen LogP contribution is 2.30. The molecule has 0 saturated carbocycles. The normalized spacial score (nSPS) is 19.9. The van der Waals surface area contributed by atoms with Crippen LogP contribution in [0.25, 0.3) is 0 Å². The van der Waals surface area contributed by atoms with Crippen molar-refractivity contribution in [3.8, 4) is 0 Å². The van der Waals surface area contributed by atoms with E-state index >= 15 is 0 Å². The van der Waals surface area contributed by atoms with E-state index in [1.54, 1.807) is 17.6 Å². The molecule has 1 aliphatic carbocycles. The van der Waals surface area contributed by atoms with Crippen molar-refractivity contribution in [2.45, 2.75) is 58.0 Å². The molecule has 1 N–H and O–H groups in total. The number of furan rings is 1. The van der Waals surface area contributed by atoms with Gasteiger partial charge >= 0.3 is 0 Å². The number of likely N-dealkylation sites (tertiary alicyclic amines) is 1. The van der Waals surface area contributed by atoms with E-state index in [0.29, 0.717) is 0 Å². The van der Waals surface area contributed by atoms with Crippen LogP contribution in [0.3, 0.4) is 0 Å². The molecule has 4 rings (SSSR count). The number of nitrogens with zero attached hydrogens (tertiary/aromatic N) is 2. The first-order valence-electron chi connectivity index (χ1n) is 9.72. The van der Waals surface area contributed by atoms with Crippen LogP contribution in [-0.4, -0.2) is 28.9 Å². The van der Waals surface area contributed by atoms with Crippen LogP contribution in [-0.2, 0) is 24.2 Å². The zero-order valence-electron chi connectivity index (χ0n) is 15.4. The first kappa shape index (κ1) is 17.7. The maximum absolute atomic E-state index is 12.7. The lowest BCUT2D eigenvalue weighted by atomic mass is 9.95. The number of nitrogens with one attached hydrogen (secondary N) is 1. The van der Waals surface area contributed by atoms with Crippen LogP contribution in [0.5, 0.6) is 0 Å². The molecule has 0 spiro atoms. The van der Waals surface area contributed by atoms with Gasteiger partial charge in [-0.25, -0.2) is 4.98 Å². The van der Waals surface area contributed by atoms with Gasteiger partial charge in [0.25, 0.3) is 0 Å². The lowest BCUT2D eigenvalue weighted by Crippen LogP contribution is -2.40. The largest absolute Gasteiger partial charge is 0.468 e. The van der Waals surface area contributed by atoms with E-state index in [0.717, 1.165) is 56.1 Å². The molecule has 2 aromatic rings. The van der Waals surface area contributed by atoms with Crippen molar-refractivity contribution >= 4 is 17.2 Å². The number of carbonyl (C=O) groups is 1. The second-order valence-corrected chi connectivity index (χ2v) is 8.60. The minimum Gasteiger partial charge on any atom is -0.468 e. The molecular weight excluding hydrogens is 346 g/mol. The molecule has 0 radical (unpaired) electrons. The Bertz CT molecular complexity index is 709. The van der Waals surface area contributed by atoms with Crippen molar-refractivity contribution in [1.82, 2.24) is 15.2 Å². The molecule has 2 aromatic heterocycles. The Balaban J connectivity index is 1.27. The number of aryl methyl sites for hydroxylation is 2. The third-order valence-corrected chi connectivity index (χ3v) is 6.85. The van der Waals surface area contributed by atoms with E-state index in [1.807, 2.05) is 12.1 Å². The number of thiazole rings is 1. The molecule has 3 heterocycles. The monoisotopic (exact) mass is 373 g/mol. The molecule has 1 amide bonds. The molecule has 0 unspecified atom stereocenters. The minimum absolute atomic E-state index is 0.0132. The maximum atomic E-state index is 12.7. The van der Waals surface area contributed by atoms with Gasteiger partial charge in [0, 0.05) is 10.8 Å². The van der Waals surface area contributed by atoms with Crippen molar-refractivity contribution in [2.75, 3.05) is 13.1 Å². The fourth-order valence-corrected chi connectivity index (χ4v) is 5.08. The summed E-state index contributed by atoms with van der Waals surface area (Å²) in [5.74, 6) is 1.29. The maximum Gasteiger partial charge on any atom is 0.223 e. The minimum atomic E-state index is 0.0132. The second-order valence-electron chi connectivity index (χ2n) is 7.49. The van der Waals surface area contributed by atoms with E-state index in [-0.39, 0.29) is 17.9 Å². The Morgan fingerprint density at radius 3 is 2.92 bits per heavy atom. The number of hydrogen-bond acceptors (Lipinski definition) is 5. The summed E-state index contributed by atoms with van der Waals surface area (Å²) in [4.78, 5) is 21.3. The highest BCUT2D eigenvalue weighted by atomic mass is 32.1. The van der Waals surface area contributed by atoms with Gasteiger partial charge in [-0.1, -0.05) is 0 Å². The lowest BCUT2D eigenvalue weighted by molar-refractivity contribution is -0.127. The zero-order valence-corrected chi connectivity index (χ0v) is 16.2. The molecular formula is C20H27N3O2S. The average Bonchev–Trinajstić information content (AvgIpc) is 3.31. The van der Waals surface area contributed by atoms with Crippen molar-refractivity contribution < 1.29 is 9.21 Å². The Morgan fingerprint density at radius 1 is 1.38 bits per heavy atom. The van der Waals surface area contributed by atoms with Gasteiger partial charge in [0.2, 0.25) is 5.91 Å². The third kappa shape index (κ3) is 4.01. The van der Waals surface area contributed by atoms with Gasteiger partial charge < -0.3 is 9.73 Å². The summed E-state index contributed by atoms with van der Waals surface area (Å²) in [6.07, 6.45) is 8.30. The number of amides is 1. The van der Waals surface area contributed by atoms with Crippen molar-refractivity contribution in [3.05, 3.63) is 39.7 Å². The van der Waals surface area contributed by atoms with Crippen LogP contribution in [0.15, 0.2) is 22.8 Å². The third-order valence-electron chi connectivity index (χ3n) is 5.51. The average molecular weight is 374 g/mol. The quantitative estimate of drug-likeness (QED) is 0.868. The summed E-state index contributed by atoms with van der Waals surface area (Å²) in [5, 5.41) is 4.28. The van der Waals surface area contributed by atoms with Crippen molar-refractivity contribution in [3.63, 3.8) is 0 Å². The van der Waals surface area contributed by atoms with Gasteiger partial charge in [-0.15, -0.1) is 11.3 Å². The molecule has 1 saturated heterocycles. The summed E-state index contributed by atoms with van der Waals surface area (Å²) in [6.45, 7) is 4.79. The summed E-state index contributed by atoms with van der Waals surface area (Å²) in [6, 6.07) is 3.95. The summed E-state index contributed by atoms with van der Waals surface area (Å²) in [5.41, 5.74) is 1.27. The van der Waals surface area contributed by atoms with Crippen LogP contribution < -0.4 is 5.32 Å². The molecule has 0 aromatic carbocycles. The van der Waals surface area contributed by atoms with Gasteiger partial charge in [-0.3, -0.25) is 9.69 Å². The van der Waals surface area contributed by atoms with E-state index < -0.39 is 0 Å². The molecule has 1 fully saturated rings. The van der Waals surface area contributed by atoms with Crippen molar-refractivity contribution in [1.29, 1.82) is 0 Å². The summed E-state index contributed by atoms with van der Waals surface area (Å²) >= 11 is 1.79. The topological polar surface area (TPSA) is 58.4 Å². The highest BCUT2D eigenvalue weighted by Gasteiger charge is 2.27. The Labute approximate surface area is 158 Å². The van der Waals surface area contributed by atoms with Crippen LogP contribution in [0, 0.1) is 5.92 Å². The first-order valence-corrected chi connectivity index (χ1v) is 10.5.